The van der Waals surface area contributed by atoms with E-state index in [2.05, 4.69) is 71.4 Å². The Morgan fingerprint density at radius 3 is 2.58 bits per heavy atom. The van der Waals surface area contributed by atoms with Gasteiger partial charge in [-0.25, -0.2) is 0 Å². The summed E-state index contributed by atoms with van der Waals surface area (Å²) in [4.78, 5) is 13.4. The average Bonchev–Trinajstić information content (AvgIpc) is 3.38. The van der Waals surface area contributed by atoms with E-state index >= 15 is 0 Å². The zero-order valence-electron chi connectivity index (χ0n) is 19.1. The van der Waals surface area contributed by atoms with Gasteiger partial charge in [0, 0.05) is 21.8 Å². The smallest absolute Gasteiger partial charge is 0.266 e. The Labute approximate surface area is 206 Å². The quantitative estimate of drug-likeness (QED) is 0.289. The summed E-state index contributed by atoms with van der Waals surface area (Å²) in [6, 6.07) is 16.1. The number of carbonyl (C=O) groups excluding carboxylic acids is 1. The van der Waals surface area contributed by atoms with Crippen LogP contribution >= 0.6 is 27.3 Å². The molecular weight excluding hydrogens is 498 g/mol. The minimum Gasteiger partial charge on any atom is -0.489 e. The van der Waals surface area contributed by atoms with Crippen molar-refractivity contribution in [2.24, 2.45) is 0 Å². The van der Waals surface area contributed by atoms with E-state index in [-0.39, 0.29) is 5.91 Å². The highest BCUT2D eigenvalue weighted by molar-refractivity contribution is 9.10. The van der Waals surface area contributed by atoms with Crippen molar-refractivity contribution < 1.29 is 9.53 Å². The third-order valence-corrected chi connectivity index (χ3v) is 7.01. The second kappa shape index (κ2) is 9.93. The number of aromatic nitrogens is 2. The van der Waals surface area contributed by atoms with Crippen LogP contribution in [0.2, 0.25) is 0 Å². The highest BCUT2D eigenvalue weighted by Gasteiger charge is 2.13. The van der Waals surface area contributed by atoms with Crippen molar-refractivity contribution in [3.63, 3.8) is 0 Å². The summed E-state index contributed by atoms with van der Waals surface area (Å²) >= 11 is 4.86. The number of thiophene rings is 1. The Balaban J connectivity index is 1.38. The number of amides is 1. The van der Waals surface area contributed by atoms with Crippen LogP contribution in [0.5, 0.6) is 5.75 Å². The van der Waals surface area contributed by atoms with Gasteiger partial charge in [0.05, 0.1) is 11.4 Å². The summed E-state index contributed by atoms with van der Waals surface area (Å²) in [6.45, 7) is 9.27. The molecule has 0 spiro atoms. The van der Waals surface area contributed by atoms with Crippen LogP contribution in [0, 0.1) is 27.7 Å². The minimum absolute atomic E-state index is 0.165. The van der Waals surface area contributed by atoms with Crippen molar-refractivity contribution in [3.05, 3.63) is 96.8 Å². The van der Waals surface area contributed by atoms with E-state index in [4.69, 9.17) is 4.74 Å². The summed E-state index contributed by atoms with van der Waals surface area (Å²) in [5.74, 6) is 1.27. The summed E-state index contributed by atoms with van der Waals surface area (Å²) in [5, 5.41) is 9.43. The molecule has 1 N–H and O–H groups in total. The maximum atomic E-state index is 12.8. The molecule has 0 saturated carbocycles. The van der Waals surface area contributed by atoms with Crippen LogP contribution in [0.15, 0.2) is 58.4 Å². The lowest BCUT2D eigenvalue weighted by Crippen LogP contribution is -2.11. The lowest BCUT2D eigenvalue weighted by molar-refractivity contribution is 0.103. The number of benzene rings is 2. The first-order valence-corrected chi connectivity index (χ1v) is 12.3. The van der Waals surface area contributed by atoms with E-state index in [1.54, 1.807) is 0 Å². The Morgan fingerprint density at radius 2 is 1.82 bits per heavy atom. The molecule has 2 aromatic heterocycles. The van der Waals surface area contributed by atoms with Gasteiger partial charge in [-0.2, -0.15) is 5.10 Å². The van der Waals surface area contributed by atoms with Crippen LogP contribution in [0.1, 0.15) is 43.2 Å². The topological polar surface area (TPSA) is 56.1 Å². The molecule has 7 heteroatoms. The first-order valence-electron chi connectivity index (χ1n) is 10.7. The van der Waals surface area contributed by atoms with E-state index in [0.29, 0.717) is 23.8 Å². The van der Waals surface area contributed by atoms with Crippen LogP contribution in [0.4, 0.5) is 5.82 Å². The largest absolute Gasteiger partial charge is 0.489 e. The van der Waals surface area contributed by atoms with Crippen molar-refractivity contribution in [2.45, 2.75) is 40.8 Å². The molecule has 0 saturated heterocycles. The number of carbonyl (C=O) groups is 1. The van der Waals surface area contributed by atoms with Gasteiger partial charge in [0.1, 0.15) is 12.4 Å². The summed E-state index contributed by atoms with van der Waals surface area (Å²) in [7, 11) is 0. The van der Waals surface area contributed by atoms with E-state index in [1.165, 1.54) is 22.5 Å². The molecule has 5 nitrogen and oxygen atoms in total. The molecule has 0 unspecified atom stereocenters. The molecule has 170 valence electrons. The third kappa shape index (κ3) is 5.72. The number of rotatable bonds is 7. The molecule has 0 radical (unpaired) electrons. The Bertz CT molecular complexity index is 1290. The SMILES string of the molecule is Cc1cc(C)c(C)c(OCc2csc(C(=O)Nc3cc(C)n(Cc4ccc(Br)cc4)n3)c2)c1. The number of anilines is 1. The van der Waals surface area contributed by atoms with Crippen LogP contribution < -0.4 is 10.1 Å². The Morgan fingerprint density at radius 1 is 1.06 bits per heavy atom. The zero-order valence-corrected chi connectivity index (χ0v) is 21.5. The molecule has 4 rings (SSSR count). The van der Waals surface area contributed by atoms with E-state index in [1.807, 2.05) is 41.3 Å². The lowest BCUT2D eigenvalue weighted by Gasteiger charge is -2.11. The molecule has 1 amide bonds. The Hall–Kier alpha value is -2.90. The van der Waals surface area contributed by atoms with Crippen molar-refractivity contribution in [2.75, 3.05) is 5.32 Å². The Kier molecular flexibility index (Phi) is 7.00. The van der Waals surface area contributed by atoms with Gasteiger partial charge in [-0.15, -0.1) is 11.3 Å². The first kappa shape index (κ1) is 23.3. The summed E-state index contributed by atoms with van der Waals surface area (Å²) < 4.78 is 8.97. The fraction of sp³-hybridized carbons (Fsp3) is 0.231. The number of hydrogen-bond donors (Lipinski definition) is 1. The molecule has 2 aromatic carbocycles. The number of ether oxygens (including phenoxy) is 1. The number of nitrogens with zero attached hydrogens (tertiary/aromatic N) is 2. The fourth-order valence-corrected chi connectivity index (χ4v) is 4.61. The first-order chi connectivity index (χ1) is 15.8. The van der Waals surface area contributed by atoms with Gasteiger partial charge in [0.25, 0.3) is 5.91 Å². The second-order valence-electron chi connectivity index (χ2n) is 8.22. The molecule has 0 aliphatic carbocycles. The molecule has 0 aliphatic heterocycles. The van der Waals surface area contributed by atoms with Gasteiger partial charge in [-0.05, 0) is 79.6 Å². The lowest BCUT2D eigenvalue weighted by atomic mass is 10.1. The maximum Gasteiger partial charge on any atom is 0.266 e. The molecule has 0 aliphatic rings. The average molecular weight is 524 g/mol. The number of halogens is 1. The fourth-order valence-electron chi connectivity index (χ4n) is 3.55. The number of hydrogen-bond acceptors (Lipinski definition) is 4. The predicted molar refractivity (Wildman–Crippen MR) is 137 cm³/mol. The van der Waals surface area contributed by atoms with E-state index in [9.17, 15) is 4.79 Å². The molecule has 4 aromatic rings. The van der Waals surface area contributed by atoms with Crippen LogP contribution in [-0.2, 0) is 13.2 Å². The standard InChI is InChI=1S/C26H26BrN3O2S/c1-16-9-17(2)19(4)23(10-16)32-14-21-12-24(33-15-21)26(31)28-25-11-18(3)30(29-25)13-20-5-7-22(27)8-6-20/h5-12,15H,13-14H2,1-4H3,(H,28,29,31). The predicted octanol–water partition coefficient (Wildman–Crippen LogP) is 6.82. The zero-order chi connectivity index (χ0) is 23.5. The molecule has 0 bridgehead atoms. The highest BCUT2D eigenvalue weighted by atomic mass is 79.9. The van der Waals surface area contributed by atoms with Crippen molar-refractivity contribution in [1.29, 1.82) is 0 Å². The molecule has 0 fully saturated rings. The van der Waals surface area contributed by atoms with E-state index in [0.717, 1.165) is 32.6 Å². The molecule has 33 heavy (non-hydrogen) atoms. The van der Waals surface area contributed by atoms with Crippen LogP contribution in [0.25, 0.3) is 0 Å². The maximum absolute atomic E-state index is 12.8. The van der Waals surface area contributed by atoms with Gasteiger partial charge < -0.3 is 10.1 Å². The van der Waals surface area contributed by atoms with Gasteiger partial charge in [-0.3, -0.25) is 9.48 Å². The number of nitrogens with one attached hydrogen (secondary N) is 1. The minimum atomic E-state index is -0.165. The van der Waals surface area contributed by atoms with Gasteiger partial charge >= 0.3 is 0 Å². The van der Waals surface area contributed by atoms with E-state index < -0.39 is 0 Å². The van der Waals surface area contributed by atoms with Crippen molar-refractivity contribution in [3.8, 4) is 5.75 Å². The van der Waals surface area contributed by atoms with Crippen molar-refractivity contribution >= 4 is 39.0 Å². The second-order valence-corrected chi connectivity index (χ2v) is 10.0. The van der Waals surface area contributed by atoms with Crippen molar-refractivity contribution in [1.82, 2.24) is 9.78 Å². The summed E-state index contributed by atoms with van der Waals surface area (Å²) in [6.07, 6.45) is 0. The third-order valence-electron chi connectivity index (χ3n) is 5.50. The van der Waals surface area contributed by atoms with Crippen LogP contribution in [-0.4, -0.2) is 15.7 Å². The molecule has 0 atom stereocenters. The van der Waals surface area contributed by atoms with Gasteiger partial charge in [-0.1, -0.05) is 34.1 Å². The number of aryl methyl sites for hydroxylation is 3. The summed E-state index contributed by atoms with van der Waals surface area (Å²) in [5.41, 5.74) is 6.63. The molecular formula is C26H26BrN3O2S. The normalized spacial score (nSPS) is 10.9. The van der Waals surface area contributed by atoms with Crippen LogP contribution in [0.3, 0.4) is 0 Å². The monoisotopic (exact) mass is 523 g/mol. The highest BCUT2D eigenvalue weighted by Crippen LogP contribution is 2.25. The van der Waals surface area contributed by atoms with Gasteiger partial charge in [0.15, 0.2) is 5.82 Å². The molecule has 2 heterocycles. The van der Waals surface area contributed by atoms with Gasteiger partial charge in [0.2, 0.25) is 0 Å².